The highest BCUT2D eigenvalue weighted by Crippen LogP contribution is 2.34. The van der Waals surface area contributed by atoms with Gasteiger partial charge >= 0.3 is 0 Å². The molecule has 2 aliphatic rings. The van der Waals surface area contributed by atoms with E-state index in [1.54, 1.807) is 18.8 Å². The summed E-state index contributed by atoms with van der Waals surface area (Å²) >= 11 is 1.78. The van der Waals surface area contributed by atoms with Gasteiger partial charge in [-0.3, -0.25) is 9.59 Å². The SMILES string of the molecule is CNC(=O)C[C@H]1C(=O)N(C2CCCCC2)C[C@@H]1CSC. The van der Waals surface area contributed by atoms with Gasteiger partial charge < -0.3 is 10.2 Å². The van der Waals surface area contributed by atoms with Crippen LogP contribution in [-0.4, -0.2) is 48.4 Å². The molecule has 1 saturated heterocycles. The second-order valence-electron chi connectivity index (χ2n) is 5.98. The number of hydrogen-bond acceptors (Lipinski definition) is 3. The van der Waals surface area contributed by atoms with Gasteiger partial charge in [0.1, 0.15) is 0 Å². The molecule has 2 amide bonds. The molecule has 0 unspecified atom stereocenters. The molecule has 1 heterocycles. The van der Waals surface area contributed by atoms with Gasteiger partial charge in [0.25, 0.3) is 0 Å². The zero-order chi connectivity index (χ0) is 14.5. The molecule has 1 N–H and O–H groups in total. The molecule has 0 spiro atoms. The fourth-order valence-electron chi connectivity index (χ4n) is 3.54. The van der Waals surface area contributed by atoms with Crippen molar-refractivity contribution in [2.75, 3.05) is 25.6 Å². The summed E-state index contributed by atoms with van der Waals surface area (Å²) in [6, 6.07) is 0.426. The molecule has 0 aromatic heterocycles. The average molecular weight is 298 g/mol. The minimum absolute atomic E-state index is 0.0139. The molecule has 2 fully saturated rings. The average Bonchev–Trinajstić information content (AvgIpc) is 2.77. The first kappa shape index (κ1) is 15.7. The molecule has 1 aliphatic heterocycles. The molecular weight excluding hydrogens is 272 g/mol. The molecule has 1 aliphatic carbocycles. The van der Waals surface area contributed by atoms with Crippen LogP contribution in [0.4, 0.5) is 0 Å². The normalized spacial score (nSPS) is 27.9. The van der Waals surface area contributed by atoms with Crippen molar-refractivity contribution in [3.8, 4) is 0 Å². The molecule has 0 radical (unpaired) electrons. The van der Waals surface area contributed by atoms with Gasteiger partial charge in [-0.2, -0.15) is 11.8 Å². The molecule has 0 aromatic rings. The smallest absolute Gasteiger partial charge is 0.226 e. The fraction of sp³-hybridized carbons (Fsp3) is 0.867. The minimum Gasteiger partial charge on any atom is -0.359 e. The van der Waals surface area contributed by atoms with Crippen LogP contribution >= 0.6 is 11.8 Å². The summed E-state index contributed by atoms with van der Waals surface area (Å²) < 4.78 is 0. The number of likely N-dealkylation sites (tertiary alicyclic amines) is 1. The Hall–Kier alpha value is -0.710. The quantitative estimate of drug-likeness (QED) is 0.843. The Bertz CT molecular complexity index is 356. The third-order valence-corrected chi connectivity index (χ3v) is 5.44. The van der Waals surface area contributed by atoms with Crippen molar-refractivity contribution >= 4 is 23.6 Å². The highest BCUT2D eigenvalue weighted by atomic mass is 32.2. The summed E-state index contributed by atoms with van der Waals surface area (Å²) in [5.41, 5.74) is 0. The lowest BCUT2D eigenvalue weighted by molar-refractivity contribution is -0.136. The Morgan fingerprint density at radius 2 is 2.05 bits per heavy atom. The minimum atomic E-state index is -0.107. The van der Waals surface area contributed by atoms with Crippen LogP contribution < -0.4 is 5.32 Å². The molecule has 4 nitrogen and oxygen atoms in total. The predicted molar refractivity (Wildman–Crippen MR) is 82.6 cm³/mol. The second-order valence-corrected chi connectivity index (χ2v) is 6.89. The Kier molecular flexibility index (Phi) is 5.75. The molecule has 1 saturated carbocycles. The van der Waals surface area contributed by atoms with Crippen LogP contribution in [0, 0.1) is 11.8 Å². The van der Waals surface area contributed by atoms with Crippen molar-refractivity contribution in [3.63, 3.8) is 0 Å². The predicted octanol–water partition coefficient (Wildman–Crippen LogP) is 1.89. The molecule has 0 bridgehead atoms. The third kappa shape index (κ3) is 3.48. The maximum absolute atomic E-state index is 12.7. The van der Waals surface area contributed by atoms with Crippen LogP contribution in [0.25, 0.3) is 0 Å². The van der Waals surface area contributed by atoms with Gasteiger partial charge in [0, 0.05) is 26.1 Å². The highest BCUT2D eigenvalue weighted by Gasteiger charge is 2.43. The lowest BCUT2D eigenvalue weighted by Gasteiger charge is -2.31. The number of nitrogens with zero attached hydrogens (tertiary/aromatic N) is 1. The van der Waals surface area contributed by atoms with Crippen molar-refractivity contribution < 1.29 is 9.59 Å². The van der Waals surface area contributed by atoms with Crippen molar-refractivity contribution in [3.05, 3.63) is 0 Å². The number of hydrogen-bond donors (Lipinski definition) is 1. The van der Waals surface area contributed by atoms with E-state index in [0.717, 1.165) is 25.1 Å². The van der Waals surface area contributed by atoms with E-state index in [4.69, 9.17) is 0 Å². The maximum atomic E-state index is 12.7. The van der Waals surface area contributed by atoms with Gasteiger partial charge in [-0.05, 0) is 30.8 Å². The first-order valence-electron chi connectivity index (χ1n) is 7.67. The van der Waals surface area contributed by atoms with E-state index in [0.29, 0.717) is 18.4 Å². The lowest BCUT2D eigenvalue weighted by Crippen LogP contribution is -2.39. The Morgan fingerprint density at radius 3 is 2.65 bits per heavy atom. The summed E-state index contributed by atoms with van der Waals surface area (Å²) in [5, 5.41) is 2.65. The van der Waals surface area contributed by atoms with E-state index in [1.807, 2.05) is 0 Å². The summed E-state index contributed by atoms with van der Waals surface area (Å²) in [6.45, 7) is 0.853. The lowest BCUT2D eigenvalue weighted by atomic mass is 9.93. The van der Waals surface area contributed by atoms with E-state index in [2.05, 4.69) is 16.5 Å². The van der Waals surface area contributed by atoms with Crippen LogP contribution in [0.2, 0.25) is 0 Å². The van der Waals surface area contributed by atoms with Gasteiger partial charge in [0.15, 0.2) is 0 Å². The van der Waals surface area contributed by atoms with Gasteiger partial charge in [0.05, 0.1) is 5.92 Å². The van der Waals surface area contributed by atoms with E-state index < -0.39 is 0 Å². The van der Waals surface area contributed by atoms with Crippen LogP contribution in [0.1, 0.15) is 38.5 Å². The second kappa shape index (κ2) is 7.34. The molecule has 20 heavy (non-hydrogen) atoms. The largest absolute Gasteiger partial charge is 0.359 e. The van der Waals surface area contributed by atoms with Crippen LogP contribution in [0.15, 0.2) is 0 Å². The summed E-state index contributed by atoms with van der Waals surface area (Å²) in [6.07, 6.45) is 8.49. The number of carbonyl (C=O) groups is 2. The number of thioether (sulfide) groups is 1. The van der Waals surface area contributed by atoms with Crippen molar-refractivity contribution in [2.24, 2.45) is 11.8 Å². The Balaban J connectivity index is 2.04. The van der Waals surface area contributed by atoms with Gasteiger partial charge in [-0.25, -0.2) is 0 Å². The van der Waals surface area contributed by atoms with Crippen molar-refractivity contribution in [1.82, 2.24) is 10.2 Å². The molecular formula is C15H26N2O2S. The van der Waals surface area contributed by atoms with E-state index in [-0.39, 0.29) is 17.7 Å². The number of amides is 2. The van der Waals surface area contributed by atoms with Gasteiger partial charge in [-0.15, -0.1) is 0 Å². The zero-order valence-electron chi connectivity index (χ0n) is 12.6. The van der Waals surface area contributed by atoms with E-state index in [1.165, 1.54) is 19.3 Å². The summed E-state index contributed by atoms with van der Waals surface area (Å²) in [5.74, 6) is 1.40. The first-order valence-corrected chi connectivity index (χ1v) is 9.06. The third-order valence-electron chi connectivity index (χ3n) is 4.68. The molecule has 5 heteroatoms. The molecule has 114 valence electrons. The van der Waals surface area contributed by atoms with Crippen LogP contribution in [0.5, 0.6) is 0 Å². The number of carbonyl (C=O) groups excluding carboxylic acids is 2. The standard InChI is InChI=1S/C15H26N2O2S/c1-16-14(18)8-13-11(10-20-2)9-17(15(13)19)12-6-4-3-5-7-12/h11-13H,3-10H2,1-2H3,(H,16,18)/t11-,13-/m1/s1. The molecule has 2 rings (SSSR count). The van der Waals surface area contributed by atoms with Gasteiger partial charge in [-0.1, -0.05) is 19.3 Å². The summed E-state index contributed by atoms with van der Waals surface area (Å²) in [4.78, 5) is 26.4. The number of rotatable bonds is 5. The van der Waals surface area contributed by atoms with E-state index >= 15 is 0 Å². The molecule has 2 atom stereocenters. The topological polar surface area (TPSA) is 49.4 Å². The Morgan fingerprint density at radius 1 is 1.35 bits per heavy atom. The summed E-state index contributed by atoms with van der Waals surface area (Å²) in [7, 11) is 1.64. The van der Waals surface area contributed by atoms with Crippen molar-refractivity contribution in [1.29, 1.82) is 0 Å². The fourth-order valence-corrected chi connectivity index (χ4v) is 4.31. The van der Waals surface area contributed by atoms with E-state index in [9.17, 15) is 9.59 Å². The highest BCUT2D eigenvalue weighted by molar-refractivity contribution is 7.98. The van der Waals surface area contributed by atoms with Gasteiger partial charge in [0.2, 0.25) is 11.8 Å². The monoisotopic (exact) mass is 298 g/mol. The maximum Gasteiger partial charge on any atom is 0.226 e. The Labute approximate surface area is 126 Å². The van der Waals surface area contributed by atoms with Crippen LogP contribution in [-0.2, 0) is 9.59 Å². The number of nitrogens with one attached hydrogen (secondary N) is 1. The van der Waals surface area contributed by atoms with Crippen LogP contribution in [0.3, 0.4) is 0 Å². The zero-order valence-corrected chi connectivity index (χ0v) is 13.4. The first-order chi connectivity index (χ1) is 9.67. The van der Waals surface area contributed by atoms with Crippen molar-refractivity contribution in [2.45, 2.75) is 44.6 Å². The molecule has 0 aromatic carbocycles.